The summed E-state index contributed by atoms with van der Waals surface area (Å²) < 4.78 is 4.56. The van der Waals surface area contributed by atoms with E-state index in [0.29, 0.717) is 0 Å². The Labute approximate surface area is 77.3 Å². The molecule has 0 aromatic carbocycles. The molecule has 0 atom stereocenters. The van der Waals surface area contributed by atoms with Crippen molar-refractivity contribution in [2.45, 2.75) is 26.2 Å². The fraction of sp³-hybridized carbons (Fsp3) is 0.667. The SMILES string of the molecule is COCC(=O)CC(=O)CCC(C)=O. The molecule has 0 aromatic rings. The van der Waals surface area contributed by atoms with E-state index in [1.807, 2.05) is 0 Å². The zero-order valence-electron chi connectivity index (χ0n) is 7.96. The number of carbonyl (C=O) groups excluding carboxylic acids is 3. The Bertz CT molecular complexity index is 208. The van der Waals surface area contributed by atoms with Gasteiger partial charge in [0.2, 0.25) is 0 Å². The second kappa shape index (κ2) is 6.48. The first-order valence-corrected chi connectivity index (χ1v) is 4.08. The van der Waals surface area contributed by atoms with Gasteiger partial charge >= 0.3 is 0 Å². The Balaban J connectivity index is 3.62. The predicted molar refractivity (Wildman–Crippen MR) is 46.4 cm³/mol. The lowest BCUT2D eigenvalue weighted by Crippen LogP contribution is -2.13. The molecule has 0 aromatic heterocycles. The first-order valence-electron chi connectivity index (χ1n) is 4.08. The molecule has 0 aliphatic carbocycles. The van der Waals surface area contributed by atoms with E-state index in [-0.39, 0.29) is 43.2 Å². The van der Waals surface area contributed by atoms with E-state index in [4.69, 9.17) is 0 Å². The van der Waals surface area contributed by atoms with E-state index in [1.54, 1.807) is 0 Å². The highest BCUT2D eigenvalue weighted by atomic mass is 16.5. The topological polar surface area (TPSA) is 60.4 Å². The van der Waals surface area contributed by atoms with Crippen LogP contribution in [0.3, 0.4) is 0 Å². The van der Waals surface area contributed by atoms with E-state index >= 15 is 0 Å². The molecule has 0 N–H and O–H groups in total. The highest BCUT2D eigenvalue weighted by Gasteiger charge is 2.09. The molecular formula is C9H14O4. The third kappa shape index (κ3) is 7.33. The maximum atomic E-state index is 11.0. The molecule has 0 amide bonds. The van der Waals surface area contributed by atoms with Gasteiger partial charge < -0.3 is 9.53 Å². The molecule has 0 rings (SSSR count). The number of hydrogen-bond donors (Lipinski definition) is 0. The lowest BCUT2D eigenvalue weighted by molar-refractivity contribution is -0.130. The van der Waals surface area contributed by atoms with Crippen molar-refractivity contribution in [2.75, 3.05) is 13.7 Å². The van der Waals surface area contributed by atoms with Crippen LogP contribution in [-0.2, 0) is 19.1 Å². The lowest BCUT2D eigenvalue weighted by Gasteiger charge is -1.98. The molecule has 4 nitrogen and oxygen atoms in total. The summed E-state index contributed by atoms with van der Waals surface area (Å²) in [6.45, 7) is 1.38. The first kappa shape index (κ1) is 12.0. The Kier molecular flexibility index (Phi) is 5.97. The van der Waals surface area contributed by atoms with Gasteiger partial charge in [0.05, 0.1) is 6.42 Å². The largest absolute Gasteiger partial charge is 0.377 e. The number of Topliss-reactive ketones (excluding diaryl/α,β-unsaturated/α-hetero) is 3. The summed E-state index contributed by atoms with van der Waals surface area (Å²) in [5.41, 5.74) is 0. The summed E-state index contributed by atoms with van der Waals surface area (Å²) in [5.74, 6) is -0.471. The van der Waals surface area contributed by atoms with Crippen LogP contribution in [0.5, 0.6) is 0 Å². The molecule has 0 aliphatic rings. The molecule has 0 aliphatic heterocycles. The summed E-state index contributed by atoms with van der Waals surface area (Å²) in [4.78, 5) is 32.4. The molecule has 13 heavy (non-hydrogen) atoms. The Morgan fingerprint density at radius 3 is 2.15 bits per heavy atom. The summed E-state index contributed by atoms with van der Waals surface area (Å²) >= 11 is 0. The minimum Gasteiger partial charge on any atom is -0.377 e. The minimum atomic E-state index is -0.240. The predicted octanol–water partition coefficient (Wildman–Crippen LogP) is 0.530. The standard InChI is InChI=1S/C9H14O4/c1-7(10)3-4-8(11)5-9(12)6-13-2/h3-6H2,1-2H3. The second-order valence-electron chi connectivity index (χ2n) is 2.89. The quantitative estimate of drug-likeness (QED) is 0.544. The third-order valence-corrected chi connectivity index (χ3v) is 1.46. The number of hydrogen-bond acceptors (Lipinski definition) is 4. The van der Waals surface area contributed by atoms with Crippen molar-refractivity contribution in [3.05, 3.63) is 0 Å². The molecule has 0 fully saturated rings. The van der Waals surface area contributed by atoms with Gasteiger partial charge in [0, 0.05) is 20.0 Å². The van der Waals surface area contributed by atoms with Crippen LogP contribution in [0.2, 0.25) is 0 Å². The van der Waals surface area contributed by atoms with Crippen LogP contribution in [0.15, 0.2) is 0 Å². The fourth-order valence-corrected chi connectivity index (χ4v) is 0.836. The van der Waals surface area contributed by atoms with Crippen LogP contribution in [0.1, 0.15) is 26.2 Å². The molecule has 0 spiro atoms. The van der Waals surface area contributed by atoms with E-state index in [0.717, 1.165) is 0 Å². The van der Waals surface area contributed by atoms with Gasteiger partial charge in [0.1, 0.15) is 18.2 Å². The molecule has 0 saturated carbocycles. The monoisotopic (exact) mass is 186 g/mol. The zero-order chi connectivity index (χ0) is 10.3. The number of rotatable bonds is 7. The van der Waals surface area contributed by atoms with Crippen molar-refractivity contribution >= 4 is 17.3 Å². The number of methoxy groups -OCH3 is 1. The Morgan fingerprint density at radius 1 is 1.08 bits per heavy atom. The van der Waals surface area contributed by atoms with E-state index in [9.17, 15) is 14.4 Å². The van der Waals surface area contributed by atoms with E-state index < -0.39 is 0 Å². The van der Waals surface area contributed by atoms with Crippen LogP contribution in [-0.4, -0.2) is 31.1 Å². The van der Waals surface area contributed by atoms with Crippen LogP contribution < -0.4 is 0 Å². The minimum absolute atomic E-state index is 0.0347. The van der Waals surface area contributed by atoms with E-state index in [2.05, 4.69) is 4.74 Å². The smallest absolute Gasteiger partial charge is 0.165 e. The summed E-state index contributed by atoms with van der Waals surface area (Å²) in [7, 11) is 1.40. The van der Waals surface area contributed by atoms with Crippen LogP contribution in [0.4, 0.5) is 0 Å². The van der Waals surface area contributed by atoms with Crippen LogP contribution >= 0.6 is 0 Å². The Morgan fingerprint density at radius 2 is 1.69 bits per heavy atom. The van der Waals surface area contributed by atoms with Gasteiger partial charge in [-0.3, -0.25) is 9.59 Å². The van der Waals surface area contributed by atoms with Gasteiger partial charge in [0.25, 0.3) is 0 Å². The number of ether oxygens (including phenoxy) is 1. The van der Waals surface area contributed by atoms with Gasteiger partial charge in [-0.15, -0.1) is 0 Å². The molecule has 74 valence electrons. The Hall–Kier alpha value is -1.03. The van der Waals surface area contributed by atoms with Crippen LogP contribution in [0, 0.1) is 0 Å². The molecule has 0 unspecified atom stereocenters. The van der Waals surface area contributed by atoms with Crippen molar-refractivity contribution < 1.29 is 19.1 Å². The van der Waals surface area contributed by atoms with Gasteiger partial charge in [-0.05, 0) is 6.92 Å². The van der Waals surface area contributed by atoms with Gasteiger partial charge in [-0.25, -0.2) is 0 Å². The highest BCUT2D eigenvalue weighted by Crippen LogP contribution is 1.97. The maximum Gasteiger partial charge on any atom is 0.165 e. The average Bonchev–Trinajstić information content (AvgIpc) is 2.01. The van der Waals surface area contributed by atoms with Gasteiger partial charge in [0.15, 0.2) is 5.78 Å². The summed E-state index contributed by atoms with van der Waals surface area (Å²) in [6, 6.07) is 0. The van der Waals surface area contributed by atoms with Crippen molar-refractivity contribution in [3.8, 4) is 0 Å². The molecule has 0 saturated heterocycles. The molecule has 0 heterocycles. The summed E-state index contributed by atoms with van der Waals surface area (Å²) in [5, 5.41) is 0. The van der Waals surface area contributed by atoms with Crippen molar-refractivity contribution in [1.82, 2.24) is 0 Å². The maximum absolute atomic E-state index is 11.0. The van der Waals surface area contributed by atoms with Crippen molar-refractivity contribution in [2.24, 2.45) is 0 Å². The van der Waals surface area contributed by atoms with E-state index in [1.165, 1.54) is 14.0 Å². The molecule has 0 bridgehead atoms. The van der Waals surface area contributed by atoms with Gasteiger partial charge in [-0.1, -0.05) is 0 Å². The van der Waals surface area contributed by atoms with Crippen molar-refractivity contribution in [1.29, 1.82) is 0 Å². The fourth-order valence-electron chi connectivity index (χ4n) is 0.836. The molecule has 4 heteroatoms. The normalized spacial score (nSPS) is 9.69. The highest BCUT2D eigenvalue weighted by molar-refractivity contribution is 6.00. The van der Waals surface area contributed by atoms with Crippen molar-refractivity contribution in [3.63, 3.8) is 0 Å². The second-order valence-corrected chi connectivity index (χ2v) is 2.89. The number of carbonyl (C=O) groups is 3. The van der Waals surface area contributed by atoms with Gasteiger partial charge in [-0.2, -0.15) is 0 Å². The number of ketones is 3. The molecule has 0 radical (unpaired) electrons. The van der Waals surface area contributed by atoms with Crippen LogP contribution in [0.25, 0.3) is 0 Å². The lowest BCUT2D eigenvalue weighted by atomic mass is 10.1. The summed E-state index contributed by atoms with van der Waals surface area (Å²) in [6.07, 6.45) is 0.255. The average molecular weight is 186 g/mol. The molecular weight excluding hydrogens is 172 g/mol. The first-order chi connectivity index (χ1) is 6.06. The zero-order valence-corrected chi connectivity index (χ0v) is 7.96. The third-order valence-electron chi connectivity index (χ3n) is 1.46.